The van der Waals surface area contributed by atoms with E-state index in [1.54, 1.807) is 23.6 Å². The number of rotatable bonds is 6. The maximum Gasteiger partial charge on any atom is 0.243 e. The number of aromatic nitrogens is 5. The van der Waals surface area contributed by atoms with E-state index >= 15 is 0 Å². The minimum atomic E-state index is 0.580. The SMILES string of the molecule is CCCSc1nnc(-c2cn(C)nc2OC)n1CC. The van der Waals surface area contributed by atoms with Crippen LogP contribution >= 0.6 is 11.8 Å². The molecule has 0 fully saturated rings. The highest BCUT2D eigenvalue weighted by atomic mass is 32.2. The lowest BCUT2D eigenvalue weighted by Crippen LogP contribution is -2.00. The molecule has 6 nitrogen and oxygen atoms in total. The van der Waals surface area contributed by atoms with Crippen LogP contribution in [0.5, 0.6) is 5.88 Å². The summed E-state index contributed by atoms with van der Waals surface area (Å²) in [4.78, 5) is 0. The van der Waals surface area contributed by atoms with Crippen LogP contribution in [-0.4, -0.2) is 37.4 Å². The summed E-state index contributed by atoms with van der Waals surface area (Å²) in [7, 11) is 3.48. The highest BCUT2D eigenvalue weighted by Crippen LogP contribution is 2.29. The maximum atomic E-state index is 5.29. The number of ether oxygens (including phenoxy) is 1. The smallest absolute Gasteiger partial charge is 0.243 e. The first-order valence-corrected chi connectivity index (χ1v) is 7.33. The Bertz CT molecular complexity index is 548. The van der Waals surface area contributed by atoms with Crippen LogP contribution in [-0.2, 0) is 13.6 Å². The molecule has 2 aromatic rings. The summed E-state index contributed by atoms with van der Waals surface area (Å²) in [6, 6.07) is 0. The Morgan fingerprint density at radius 3 is 2.74 bits per heavy atom. The molecule has 0 aliphatic rings. The maximum absolute atomic E-state index is 5.29. The van der Waals surface area contributed by atoms with Crippen molar-refractivity contribution in [2.24, 2.45) is 7.05 Å². The monoisotopic (exact) mass is 281 g/mol. The van der Waals surface area contributed by atoms with Gasteiger partial charge in [-0.3, -0.25) is 4.68 Å². The van der Waals surface area contributed by atoms with Crippen molar-refractivity contribution in [1.82, 2.24) is 24.5 Å². The van der Waals surface area contributed by atoms with E-state index < -0.39 is 0 Å². The lowest BCUT2D eigenvalue weighted by atomic mass is 10.3. The van der Waals surface area contributed by atoms with Crippen molar-refractivity contribution < 1.29 is 4.74 Å². The van der Waals surface area contributed by atoms with E-state index in [1.165, 1.54) is 0 Å². The molecule has 0 saturated carbocycles. The molecule has 7 heteroatoms. The highest BCUT2D eigenvalue weighted by Gasteiger charge is 2.19. The minimum absolute atomic E-state index is 0.580. The number of hydrogen-bond acceptors (Lipinski definition) is 5. The predicted octanol–water partition coefficient (Wildman–Crippen LogP) is 2.21. The van der Waals surface area contributed by atoms with Gasteiger partial charge in [0.15, 0.2) is 11.0 Å². The van der Waals surface area contributed by atoms with Gasteiger partial charge in [-0.05, 0) is 13.3 Å². The van der Waals surface area contributed by atoms with E-state index in [9.17, 15) is 0 Å². The van der Waals surface area contributed by atoms with Gasteiger partial charge in [0.1, 0.15) is 5.56 Å². The van der Waals surface area contributed by atoms with Gasteiger partial charge in [-0.25, -0.2) is 0 Å². The molecule has 0 aliphatic carbocycles. The van der Waals surface area contributed by atoms with Crippen LogP contribution < -0.4 is 4.74 Å². The fourth-order valence-electron chi connectivity index (χ4n) is 1.85. The second-order valence-electron chi connectivity index (χ2n) is 4.12. The number of nitrogens with zero attached hydrogens (tertiary/aromatic N) is 5. The van der Waals surface area contributed by atoms with Gasteiger partial charge < -0.3 is 9.30 Å². The predicted molar refractivity (Wildman–Crippen MR) is 75.5 cm³/mol. The molecule has 0 N–H and O–H groups in total. The number of hydrogen-bond donors (Lipinski definition) is 0. The molecule has 0 atom stereocenters. The van der Waals surface area contributed by atoms with Crippen LogP contribution in [0.4, 0.5) is 0 Å². The molecule has 0 aromatic carbocycles. The minimum Gasteiger partial charge on any atom is -0.479 e. The molecular weight excluding hydrogens is 262 g/mol. The first kappa shape index (κ1) is 13.9. The quantitative estimate of drug-likeness (QED) is 0.760. The van der Waals surface area contributed by atoms with E-state index in [4.69, 9.17) is 4.74 Å². The second kappa shape index (κ2) is 6.10. The van der Waals surface area contributed by atoms with Crippen LogP contribution in [0.3, 0.4) is 0 Å². The lowest BCUT2D eigenvalue weighted by molar-refractivity contribution is 0.393. The molecule has 2 aromatic heterocycles. The molecule has 0 spiro atoms. The topological polar surface area (TPSA) is 57.8 Å². The number of methoxy groups -OCH3 is 1. The summed E-state index contributed by atoms with van der Waals surface area (Å²) < 4.78 is 9.11. The molecular formula is C12H19N5OS. The first-order valence-electron chi connectivity index (χ1n) is 6.35. The van der Waals surface area contributed by atoms with Crippen molar-refractivity contribution in [3.63, 3.8) is 0 Å². The van der Waals surface area contributed by atoms with Crippen molar-refractivity contribution in [3.8, 4) is 17.3 Å². The first-order chi connectivity index (χ1) is 9.21. The van der Waals surface area contributed by atoms with E-state index in [2.05, 4.69) is 33.7 Å². The molecule has 2 rings (SSSR count). The van der Waals surface area contributed by atoms with E-state index in [1.807, 2.05) is 13.2 Å². The van der Waals surface area contributed by atoms with Gasteiger partial charge in [0.2, 0.25) is 5.88 Å². The average molecular weight is 281 g/mol. The molecule has 0 radical (unpaired) electrons. The van der Waals surface area contributed by atoms with Crippen molar-refractivity contribution in [1.29, 1.82) is 0 Å². The number of aryl methyl sites for hydroxylation is 1. The molecule has 0 amide bonds. The Morgan fingerprint density at radius 1 is 1.32 bits per heavy atom. The Kier molecular flexibility index (Phi) is 4.47. The van der Waals surface area contributed by atoms with Crippen molar-refractivity contribution >= 4 is 11.8 Å². The van der Waals surface area contributed by atoms with E-state index in [0.29, 0.717) is 5.88 Å². The Morgan fingerprint density at radius 2 is 2.11 bits per heavy atom. The zero-order chi connectivity index (χ0) is 13.8. The third-order valence-electron chi connectivity index (χ3n) is 2.70. The third-order valence-corrected chi connectivity index (χ3v) is 3.87. The summed E-state index contributed by atoms with van der Waals surface area (Å²) in [5, 5.41) is 13.8. The van der Waals surface area contributed by atoms with Crippen LogP contribution in [0.1, 0.15) is 20.3 Å². The van der Waals surface area contributed by atoms with Crippen molar-refractivity contribution in [3.05, 3.63) is 6.20 Å². The second-order valence-corrected chi connectivity index (χ2v) is 5.19. The summed E-state index contributed by atoms with van der Waals surface area (Å²) >= 11 is 1.73. The fourth-order valence-corrected chi connectivity index (χ4v) is 2.70. The Balaban J connectivity index is 2.41. The lowest BCUT2D eigenvalue weighted by Gasteiger charge is -2.06. The fraction of sp³-hybridized carbons (Fsp3) is 0.583. The van der Waals surface area contributed by atoms with Gasteiger partial charge in [-0.1, -0.05) is 18.7 Å². The normalized spacial score (nSPS) is 10.9. The van der Waals surface area contributed by atoms with Gasteiger partial charge in [0.05, 0.1) is 7.11 Å². The molecule has 0 aliphatic heterocycles. The zero-order valence-corrected chi connectivity index (χ0v) is 12.6. The molecule has 2 heterocycles. The van der Waals surface area contributed by atoms with Crippen LogP contribution in [0.2, 0.25) is 0 Å². The van der Waals surface area contributed by atoms with E-state index in [-0.39, 0.29) is 0 Å². The Labute approximate surface area is 117 Å². The van der Waals surface area contributed by atoms with Gasteiger partial charge in [-0.15, -0.1) is 15.3 Å². The summed E-state index contributed by atoms with van der Waals surface area (Å²) in [5.74, 6) is 2.44. The third kappa shape index (κ3) is 2.75. The highest BCUT2D eigenvalue weighted by molar-refractivity contribution is 7.99. The summed E-state index contributed by atoms with van der Waals surface area (Å²) in [6.07, 6.45) is 3.02. The Hall–Kier alpha value is -1.50. The van der Waals surface area contributed by atoms with Gasteiger partial charge in [0.25, 0.3) is 0 Å². The molecule has 0 bridgehead atoms. The van der Waals surface area contributed by atoms with Gasteiger partial charge in [0, 0.05) is 25.5 Å². The van der Waals surface area contributed by atoms with E-state index in [0.717, 1.165) is 35.3 Å². The summed E-state index contributed by atoms with van der Waals surface area (Å²) in [5.41, 5.74) is 0.877. The standard InChI is InChI=1S/C12H19N5OS/c1-5-7-19-12-14-13-10(17(12)6-2)9-8-16(3)15-11(9)18-4/h8H,5-7H2,1-4H3. The largest absolute Gasteiger partial charge is 0.479 e. The van der Waals surface area contributed by atoms with Crippen LogP contribution in [0.25, 0.3) is 11.4 Å². The number of thioether (sulfide) groups is 1. The van der Waals surface area contributed by atoms with Crippen molar-refractivity contribution in [2.75, 3.05) is 12.9 Å². The van der Waals surface area contributed by atoms with Crippen LogP contribution in [0, 0.1) is 0 Å². The van der Waals surface area contributed by atoms with Crippen LogP contribution in [0.15, 0.2) is 11.4 Å². The molecule has 104 valence electrons. The zero-order valence-electron chi connectivity index (χ0n) is 11.8. The van der Waals surface area contributed by atoms with Gasteiger partial charge in [-0.2, -0.15) is 0 Å². The van der Waals surface area contributed by atoms with Crippen molar-refractivity contribution in [2.45, 2.75) is 32.0 Å². The molecule has 19 heavy (non-hydrogen) atoms. The molecule has 0 unspecified atom stereocenters. The average Bonchev–Trinajstić information content (AvgIpc) is 2.98. The molecule has 0 saturated heterocycles. The van der Waals surface area contributed by atoms with Gasteiger partial charge >= 0.3 is 0 Å². The summed E-state index contributed by atoms with van der Waals surface area (Å²) in [6.45, 7) is 5.07.